The number of aliphatic hydroxyl groups is 1. The summed E-state index contributed by atoms with van der Waals surface area (Å²) in [5.74, 6) is 0. The van der Waals surface area contributed by atoms with Crippen molar-refractivity contribution in [2.45, 2.75) is 31.8 Å². The van der Waals surface area contributed by atoms with Crippen molar-refractivity contribution >= 4 is 12.2 Å². The van der Waals surface area contributed by atoms with Gasteiger partial charge >= 0.3 is 0 Å². The molecule has 4 nitrogen and oxygen atoms in total. The second-order valence-electron chi connectivity index (χ2n) is 3.73. The van der Waals surface area contributed by atoms with E-state index >= 15 is 0 Å². The first-order valence-corrected chi connectivity index (χ1v) is 5.30. The highest BCUT2D eigenvalue weighted by molar-refractivity contribution is 7.71. The van der Waals surface area contributed by atoms with Gasteiger partial charge in [-0.3, -0.25) is 0 Å². The highest BCUT2D eigenvalue weighted by Crippen LogP contribution is 2.20. The summed E-state index contributed by atoms with van der Waals surface area (Å²) in [7, 11) is 0. The Bertz CT molecular complexity index is 382. The Hall–Kier alpha value is -0.650. The smallest absolute Gasteiger partial charge is 0.177 e. The Kier molecular flexibility index (Phi) is 2.71. The number of aromatic nitrogens is 2. The molecule has 1 aliphatic rings. The lowest BCUT2D eigenvalue weighted by Crippen LogP contribution is -2.28. The molecule has 0 amide bonds. The lowest BCUT2D eigenvalue weighted by molar-refractivity contribution is 0.273. The maximum Gasteiger partial charge on any atom is 0.177 e. The molecule has 0 aliphatic heterocycles. The average Bonchev–Trinajstić information content (AvgIpc) is 2.43. The van der Waals surface area contributed by atoms with Crippen LogP contribution >= 0.6 is 12.2 Å². The molecule has 1 aromatic heterocycles. The van der Waals surface area contributed by atoms with Crippen LogP contribution in [0.5, 0.6) is 0 Å². The predicted octanol–water partition coefficient (Wildman–Crippen LogP) is 0.354. The molecule has 2 rings (SSSR count). The number of imidazole rings is 1. The third-order valence-electron chi connectivity index (χ3n) is 2.72. The van der Waals surface area contributed by atoms with Crippen LogP contribution in [-0.4, -0.2) is 27.3 Å². The lowest BCUT2D eigenvalue weighted by atomic mass is 9.97. The van der Waals surface area contributed by atoms with E-state index in [2.05, 4.69) is 4.98 Å². The Morgan fingerprint density at radius 2 is 2.43 bits per heavy atom. The van der Waals surface area contributed by atoms with Crippen LogP contribution in [0.1, 0.15) is 17.8 Å². The second-order valence-corrected chi connectivity index (χ2v) is 4.12. The maximum absolute atomic E-state index is 8.91. The summed E-state index contributed by atoms with van der Waals surface area (Å²) in [6, 6.07) is 0.248. The lowest BCUT2D eigenvalue weighted by Gasteiger charge is -2.19. The van der Waals surface area contributed by atoms with Gasteiger partial charge in [0.1, 0.15) is 0 Å². The molecule has 4 N–H and O–H groups in total. The van der Waals surface area contributed by atoms with Gasteiger partial charge in [-0.15, -0.1) is 0 Å². The van der Waals surface area contributed by atoms with Crippen LogP contribution in [0.25, 0.3) is 0 Å². The number of nitrogens with one attached hydrogen (secondary N) is 1. The number of fused-ring (bicyclic) bond motifs is 1. The molecule has 0 saturated carbocycles. The number of aromatic amines is 1. The number of hydrogen-bond donors (Lipinski definition) is 3. The third-order valence-corrected chi connectivity index (χ3v) is 3.04. The molecule has 14 heavy (non-hydrogen) atoms. The van der Waals surface area contributed by atoms with Gasteiger partial charge in [-0.05, 0) is 25.1 Å². The van der Waals surface area contributed by atoms with Crippen LogP contribution in [0.3, 0.4) is 0 Å². The van der Waals surface area contributed by atoms with Gasteiger partial charge in [-0.2, -0.15) is 0 Å². The summed E-state index contributed by atoms with van der Waals surface area (Å²) in [6.07, 6.45) is 2.84. The first-order chi connectivity index (χ1) is 6.72. The van der Waals surface area contributed by atoms with Gasteiger partial charge in [0.15, 0.2) is 4.77 Å². The van der Waals surface area contributed by atoms with Crippen LogP contribution in [0.2, 0.25) is 0 Å². The topological polar surface area (TPSA) is 67.0 Å². The van der Waals surface area contributed by atoms with Crippen molar-refractivity contribution in [3.05, 3.63) is 16.2 Å². The average molecular weight is 213 g/mol. The fraction of sp³-hybridized carbons (Fsp3) is 0.667. The summed E-state index contributed by atoms with van der Waals surface area (Å²) in [6.45, 7) is 0.713. The van der Waals surface area contributed by atoms with Crippen molar-refractivity contribution in [3.8, 4) is 0 Å². The fourth-order valence-electron chi connectivity index (χ4n) is 2.03. The molecule has 1 aromatic rings. The zero-order valence-corrected chi connectivity index (χ0v) is 8.81. The quantitative estimate of drug-likeness (QED) is 0.621. The second kappa shape index (κ2) is 3.84. The molecule has 1 atom stereocenters. The van der Waals surface area contributed by atoms with Crippen molar-refractivity contribution in [2.24, 2.45) is 5.73 Å². The van der Waals surface area contributed by atoms with E-state index < -0.39 is 0 Å². The minimum absolute atomic E-state index is 0.130. The third kappa shape index (κ3) is 1.63. The van der Waals surface area contributed by atoms with Crippen LogP contribution in [0.15, 0.2) is 0 Å². The number of H-pyrrole nitrogens is 1. The molecule has 1 unspecified atom stereocenters. The summed E-state index contributed by atoms with van der Waals surface area (Å²) in [5.41, 5.74) is 8.25. The standard InChI is InChI=1S/C9H15N3OS/c10-6-1-2-8-7(5-6)11-9(14)12(8)3-4-13/h6,13H,1-5,10H2,(H,11,14). The molecular weight excluding hydrogens is 198 g/mol. The zero-order valence-electron chi connectivity index (χ0n) is 7.99. The van der Waals surface area contributed by atoms with E-state index in [-0.39, 0.29) is 12.6 Å². The first kappa shape index (κ1) is 9.89. The van der Waals surface area contributed by atoms with Gasteiger partial charge in [-0.1, -0.05) is 0 Å². The van der Waals surface area contributed by atoms with Crippen molar-refractivity contribution in [2.75, 3.05) is 6.61 Å². The number of aliphatic hydroxyl groups excluding tert-OH is 1. The summed E-state index contributed by atoms with van der Waals surface area (Å²) in [4.78, 5) is 3.17. The SMILES string of the molecule is NC1CCc2c([nH]c(=S)n2CCO)C1. The Labute approximate surface area is 87.7 Å². The highest BCUT2D eigenvalue weighted by Gasteiger charge is 2.20. The Balaban J connectivity index is 2.38. The van der Waals surface area contributed by atoms with Crippen LogP contribution in [-0.2, 0) is 19.4 Å². The molecule has 78 valence electrons. The van der Waals surface area contributed by atoms with Crippen molar-refractivity contribution < 1.29 is 5.11 Å². The maximum atomic E-state index is 8.91. The van der Waals surface area contributed by atoms with Gasteiger partial charge in [0.2, 0.25) is 0 Å². The van der Waals surface area contributed by atoms with E-state index in [0.717, 1.165) is 25.0 Å². The van der Waals surface area contributed by atoms with Crippen LogP contribution in [0, 0.1) is 4.77 Å². The van der Waals surface area contributed by atoms with Gasteiger partial charge in [0, 0.05) is 30.4 Å². The van der Waals surface area contributed by atoms with E-state index in [1.165, 1.54) is 5.69 Å². The summed E-state index contributed by atoms with van der Waals surface area (Å²) in [5, 5.41) is 8.91. The minimum atomic E-state index is 0.130. The minimum Gasteiger partial charge on any atom is -0.395 e. The van der Waals surface area contributed by atoms with Crippen LogP contribution in [0.4, 0.5) is 0 Å². The highest BCUT2D eigenvalue weighted by atomic mass is 32.1. The Morgan fingerprint density at radius 3 is 3.14 bits per heavy atom. The van der Waals surface area contributed by atoms with Gasteiger partial charge in [0.25, 0.3) is 0 Å². The molecule has 0 radical (unpaired) electrons. The Morgan fingerprint density at radius 1 is 1.64 bits per heavy atom. The van der Waals surface area contributed by atoms with Crippen molar-refractivity contribution in [1.82, 2.24) is 9.55 Å². The molecule has 0 fully saturated rings. The molecule has 0 spiro atoms. The van der Waals surface area contributed by atoms with E-state index in [1.807, 2.05) is 4.57 Å². The molecule has 0 bridgehead atoms. The van der Waals surface area contributed by atoms with E-state index in [4.69, 9.17) is 23.1 Å². The van der Waals surface area contributed by atoms with Gasteiger partial charge < -0.3 is 20.4 Å². The first-order valence-electron chi connectivity index (χ1n) is 4.89. The van der Waals surface area contributed by atoms with Crippen molar-refractivity contribution in [3.63, 3.8) is 0 Å². The summed E-state index contributed by atoms with van der Waals surface area (Å²) >= 11 is 5.18. The van der Waals surface area contributed by atoms with E-state index in [0.29, 0.717) is 11.3 Å². The van der Waals surface area contributed by atoms with Crippen LogP contribution < -0.4 is 5.73 Å². The molecule has 1 heterocycles. The van der Waals surface area contributed by atoms with E-state index in [1.54, 1.807) is 0 Å². The number of nitrogens with two attached hydrogens (primary N) is 1. The van der Waals surface area contributed by atoms with Crippen molar-refractivity contribution in [1.29, 1.82) is 0 Å². The molecule has 5 heteroatoms. The largest absolute Gasteiger partial charge is 0.395 e. The molecule has 0 aromatic carbocycles. The molecule has 1 aliphatic carbocycles. The predicted molar refractivity (Wildman–Crippen MR) is 56.7 cm³/mol. The summed E-state index contributed by atoms with van der Waals surface area (Å²) < 4.78 is 2.69. The van der Waals surface area contributed by atoms with Gasteiger partial charge in [-0.25, -0.2) is 0 Å². The number of hydrogen-bond acceptors (Lipinski definition) is 3. The number of nitrogens with zero attached hydrogens (tertiary/aromatic N) is 1. The fourth-order valence-corrected chi connectivity index (χ4v) is 2.36. The van der Waals surface area contributed by atoms with E-state index in [9.17, 15) is 0 Å². The normalized spacial score (nSPS) is 20.9. The molecular formula is C9H15N3OS. The van der Waals surface area contributed by atoms with Gasteiger partial charge in [0.05, 0.1) is 6.61 Å². The zero-order chi connectivity index (χ0) is 10.1. The molecule has 0 saturated heterocycles. The monoisotopic (exact) mass is 213 g/mol. The number of rotatable bonds is 2.